The number of hydrogen-bond donors (Lipinski definition) is 2. The number of carboxylic acid groups (broad SMARTS) is 1. The fourth-order valence-corrected chi connectivity index (χ4v) is 4.61. The van der Waals surface area contributed by atoms with Crippen LogP contribution < -0.4 is 5.32 Å². The predicted molar refractivity (Wildman–Crippen MR) is 131 cm³/mol. The van der Waals surface area contributed by atoms with Crippen LogP contribution in [0.4, 0.5) is 0 Å². The highest BCUT2D eigenvalue weighted by molar-refractivity contribution is 7.80. The summed E-state index contributed by atoms with van der Waals surface area (Å²) in [4.78, 5) is 22.2. The predicted octanol–water partition coefficient (Wildman–Crippen LogP) is 4.92. The van der Waals surface area contributed by atoms with Crippen molar-refractivity contribution >= 4 is 23.3 Å². The first-order valence-electron chi connectivity index (χ1n) is 10.8. The van der Waals surface area contributed by atoms with E-state index in [1.807, 2.05) is 55.6 Å². The van der Waals surface area contributed by atoms with Crippen molar-refractivity contribution in [3.05, 3.63) is 107 Å². The van der Waals surface area contributed by atoms with Crippen LogP contribution >= 0.6 is 12.2 Å². The lowest BCUT2D eigenvalue weighted by Gasteiger charge is -2.26. The Morgan fingerprint density at radius 2 is 2.03 bits per heavy atom. The summed E-state index contributed by atoms with van der Waals surface area (Å²) in [5, 5.41) is 13.3. The zero-order chi connectivity index (χ0) is 23.7. The average Bonchev–Trinajstić information content (AvgIpc) is 3.45. The number of nitrogens with zero attached hydrogens (tertiary/aromatic N) is 3. The molecule has 0 bridgehead atoms. The first kappa shape index (κ1) is 21.8. The molecular weight excluding hydrogens is 448 g/mol. The van der Waals surface area contributed by atoms with Gasteiger partial charge in [-0.25, -0.2) is 4.79 Å². The number of aromatic carboxylic acids is 1. The number of aryl methyl sites for hydroxylation is 1. The van der Waals surface area contributed by atoms with E-state index in [9.17, 15) is 9.90 Å². The summed E-state index contributed by atoms with van der Waals surface area (Å²) < 4.78 is 6.37. The van der Waals surface area contributed by atoms with Gasteiger partial charge in [0, 0.05) is 30.7 Å². The molecule has 7 nitrogen and oxygen atoms in total. The maximum absolute atomic E-state index is 11.3. The molecular formula is C26H22N4O3S. The van der Waals surface area contributed by atoms with Gasteiger partial charge in [-0.1, -0.05) is 18.2 Å². The summed E-state index contributed by atoms with van der Waals surface area (Å²) in [5.41, 5.74) is 3.82. The second-order valence-electron chi connectivity index (χ2n) is 8.15. The number of thiocarbonyl (C=S) groups is 1. The minimum absolute atomic E-state index is 0.195. The molecule has 0 aliphatic carbocycles. The molecule has 2 N–H and O–H groups in total. The van der Waals surface area contributed by atoms with Gasteiger partial charge in [0.2, 0.25) is 0 Å². The van der Waals surface area contributed by atoms with Gasteiger partial charge in [-0.3, -0.25) is 9.97 Å². The van der Waals surface area contributed by atoms with Crippen molar-refractivity contribution in [3.63, 3.8) is 0 Å². The monoisotopic (exact) mass is 470 g/mol. The van der Waals surface area contributed by atoms with E-state index in [1.165, 1.54) is 0 Å². The second-order valence-corrected chi connectivity index (χ2v) is 8.54. The van der Waals surface area contributed by atoms with Crippen molar-refractivity contribution in [2.24, 2.45) is 0 Å². The summed E-state index contributed by atoms with van der Waals surface area (Å²) in [6.07, 6.45) is 5.34. The molecule has 170 valence electrons. The van der Waals surface area contributed by atoms with Gasteiger partial charge in [-0.15, -0.1) is 0 Å². The van der Waals surface area contributed by atoms with Crippen LogP contribution in [-0.4, -0.2) is 31.1 Å². The van der Waals surface area contributed by atoms with Gasteiger partial charge in [-0.05, 0) is 72.7 Å². The molecule has 8 heteroatoms. The van der Waals surface area contributed by atoms with Crippen LogP contribution in [0.1, 0.15) is 45.0 Å². The number of hydrogen-bond acceptors (Lipinski definition) is 5. The van der Waals surface area contributed by atoms with E-state index in [2.05, 4.69) is 20.2 Å². The molecule has 0 saturated carbocycles. The molecule has 1 aromatic carbocycles. The van der Waals surface area contributed by atoms with E-state index in [0.717, 1.165) is 28.1 Å². The summed E-state index contributed by atoms with van der Waals surface area (Å²) >= 11 is 5.72. The van der Waals surface area contributed by atoms with Crippen molar-refractivity contribution < 1.29 is 14.3 Å². The average molecular weight is 471 g/mol. The van der Waals surface area contributed by atoms with E-state index >= 15 is 0 Å². The van der Waals surface area contributed by atoms with Crippen LogP contribution in [0.2, 0.25) is 0 Å². The van der Waals surface area contributed by atoms with Crippen LogP contribution in [-0.2, 0) is 6.54 Å². The van der Waals surface area contributed by atoms with E-state index in [0.29, 0.717) is 17.4 Å². The second kappa shape index (κ2) is 9.07. The Hall–Kier alpha value is -4.04. The van der Waals surface area contributed by atoms with Crippen molar-refractivity contribution in [1.82, 2.24) is 20.2 Å². The molecule has 34 heavy (non-hydrogen) atoms. The minimum Gasteiger partial charge on any atom is -0.478 e. The van der Waals surface area contributed by atoms with Crippen molar-refractivity contribution in [2.45, 2.75) is 25.6 Å². The van der Waals surface area contributed by atoms with Crippen LogP contribution in [0, 0.1) is 6.92 Å². The molecule has 4 aromatic rings. The van der Waals surface area contributed by atoms with Gasteiger partial charge in [0.25, 0.3) is 0 Å². The number of aromatic nitrogens is 2. The SMILES string of the molecule is Cc1cc(C(=O)O)ccc1-c1ccc([C@@H]2[C@H](c3ccccn3)NC(=S)N2Cc2cccnc2)o1. The molecule has 1 aliphatic heterocycles. The van der Waals surface area contributed by atoms with E-state index in [1.54, 1.807) is 30.6 Å². The molecule has 2 atom stereocenters. The van der Waals surface area contributed by atoms with E-state index < -0.39 is 5.97 Å². The number of carbonyl (C=O) groups is 1. The standard InChI is InChI=1S/C26H22N4O3S/c1-16-13-18(25(31)32)7-8-19(16)21-9-10-22(33-21)24-23(20-6-2-3-12-28-20)29-26(34)30(24)15-17-5-4-11-27-14-17/h2-14,23-24H,15H2,1H3,(H,29,34)(H,31,32)/t23-,24+/m0/s1. The van der Waals surface area contributed by atoms with Gasteiger partial charge in [0.05, 0.1) is 17.3 Å². The summed E-state index contributed by atoms with van der Waals surface area (Å²) in [6.45, 7) is 2.44. The zero-order valence-corrected chi connectivity index (χ0v) is 19.2. The first-order valence-corrected chi connectivity index (χ1v) is 11.2. The highest BCUT2D eigenvalue weighted by Gasteiger charge is 2.41. The fourth-order valence-electron chi connectivity index (χ4n) is 4.30. The van der Waals surface area contributed by atoms with E-state index in [4.69, 9.17) is 16.6 Å². The lowest BCUT2D eigenvalue weighted by molar-refractivity contribution is 0.0697. The summed E-state index contributed by atoms with van der Waals surface area (Å²) in [6, 6.07) is 18.2. The smallest absolute Gasteiger partial charge is 0.335 e. The number of nitrogens with one attached hydrogen (secondary N) is 1. The van der Waals surface area contributed by atoms with Crippen LogP contribution in [0.5, 0.6) is 0 Å². The first-order chi connectivity index (χ1) is 16.5. The number of rotatable bonds is 6. The number of furan rings is 1. The van der Waals surface area contributed by atoms with Gasteiger partial charge < -0.3 is 19.7 Å². The Bertz CT molecular complexity index is 1340. The zero-order valence-electron chi connectivity index (χ0n) is 18.4. The Morgan fingerprint density at radius 1 is 1.15 bits per heavy atom. The van der Waals surface area contributed by atoms with Crippen molar-refractivity contribution in [2.75, 3.05) is 0 Å². The van der Waals surface area contributed by atoms with Crippen molar-refractivity contribution in [3.8, 4) is 11.3 Å². The third-order valence-corrected chi connectivity index (χ3v) is 6.28. The van der Waals surface area contributed by atoms with Crippen molar-refractivity contribution in [1.29, 1.82) is 0 Å². The highest BCUT2D eigenvalue weighted by atomic mass is 32.1. The third-order valence-electron chi connectivity index (χ3n) is 5.93. The Balaban J connectivity index is 1.53. The largest absolute Gasteiger partial charge is 0.478 e. The summed E-state index contributed by atoms with van der Waals surface area (Å²) in [5.74, 6) is 0.455. The molecule has 5 rings (SSSR count). The van der Waals surface area contributed by atoms with Crippen LogP contribution in [0.15, 0.2) is 83.7 Å². The third kappa shape index (κ3) is 4.15. The summed E-state index contributed by atoms with van der Waals surface area (Å²) in [7, 11) is 0. The van der Waals surface area contributed by atoms with Gasteiger partial charge >= 0.3 is 5.97 Å². The fraction of sp³-hybridized carbons (Fsp3) is 0.154. The molecule has 4 heterocycles. The maximum atomic E-state index is 11.3. The van der Waals surface area contributed by atoms with Crippen LogP contribution in [0.3, 0.4) is 0 Å². The molecule has 0 radical (unpaired) electrons. The molecule has 1 fully saturated rings. The van der Waals surface area contributed by atoms with E-state index in [-0.39, 0.29) is 17.6 Å². The lowest BCUT2D eigenvalue weighted by atomic mass is 10.0. The molecule has 0 spiro atoms. The molecule has 1 saturated heterocycles. The molecule has 1 aliphatic rings. The van der Waals surface area contributed by atoms with Gasteiger partial charge in [0.15, 0.2) is 5.11 Å². The van der Waals surface area contributed by atoms with Gasteiger partial charge in [0.1, 0.15) is 17.6 Å². The Morgan fingerprint density at radius 3 is 2.74 bits per heavy atom. The Labute approximate surface area is 202 Å². The highest BCUT2D eigenvalue weighted by Crippen LogP contribution is 2.41. The number of carboxylic acids is 1. The normalized spacial score (nSPS) is 17.6. The molecule has 0 amide bonds. The number of benzene rings is 1. The quantitative estimate of drug-likeness (QED) is 0.384. The van der Waals surface area contributed by atoms with Crippen LogP contribution in [0.25, 0.3) is 11.3 Å². The minimum atomic E-state index is -0.954. The Kier molecular flexibility index (Phi) is 5.81. The van der Waals surface area contributed by atoms with Gasteiger partial charge in [-0.2, -0.15) is 0 Å². The maximum Gasteiger partial charge on any atom is 0.335 e. The topological polar surface area (TPSA) is 91.5 Å². The number of pyridine rings is 2. The molecule has 0 unspecified atom stereocenters. The lowest BCUT2D eigenvalue weighted by Crippen LogP contribution is -2.29. The molecule has 3 aromatic heterocycles.